The van der Waals surface area contributed by atoms with Gasteiger partial charge in [0.25, 0.3) is 0 Å². The van der Waals surface area contributed by atoms with Crippen LogP contribution in [-0.4, -0.2) is 37.2 Å². The summed E-state index contributed by atoms with van der Waals surface area (Å²) in [5.41, 5.74) is 0. The molecular formula is C73H126O6. The van der Waals surface area contributed by atoms with Crippen molar-refractivity contribution in [3.8, 4) is 0 Å². The zero-order valence-corrected chi connectivity index (χ0v) is 52.1. The number of rotatable bonds is 61. The molecule has 0 aromatic carbocycles. The molecule has 0 aliphatic carbocycles. The van der Waals surface area contributed by atoms with Crippen molar-refractivity contribution in [3.05, 3.63) is 97.2 Å². The van der Waals surface area contributed by atoms with Gasteiger partial charge in [0.2, 0.25) is 0 Å². The molecule has 0 amide bonds. The van der Waals surface area contributed by atoms with E-state index in [1.165, 1.54) is 180 Å². The van der Waals surface area contributed by atoms with E-state index in [1.54, 1.807) is 0 Å². The average Bonchev–Trinajstić information content (AvgIpc) is 3.45. The van der Waals surface area contributed by atoms with Crippen LogP contribution in [0.4, 0.5) is 0 Å². The maximum absolute atomic E-state index is 12.9. The molecule has 0 aromatic rings. The maximum Gasteiger partial charge on any atom is 0.306 e. The van der Waals surface area contributed by atoms with Crippen LogP contribution in [-0.2, 0) is 28.6 Å². The molecule has 0 aliphatic rings. The normalized spacial score (nSPS) is 12.7. The number of allylic oxidation sites excluding steroid dienone is 16. The van der Waals surface area contributed by atoms with E-state index in [0.29, 0.717) is 19.3 Å². The Bertz CT molecular complexity index is 1540. The van der Waals surface area contributed by atoms with Crippen molar-refractivity contribution in [2.75, 3.05) is 13.2 Å². The van der Waals surface area contributed by atoms with Gasteiger partial charge in [-0.15, -0.1) is 0 Å². The third-order valence-corrected chi connectivity index (χ3v) is 14.6. The SMILES string of the molecule is CC/C=C\C/C=C\C/C=C\C/C=C\C/C=C\CCCCCC(=O)OC(COC(=O)CCCCCCCCCCC)COC(=O)CCCCCCCCCCCCCCCCCCCC/C=C\C/C=C\C/C=C\CCCCCCC. The topological polar surface area (TPSA) is 78.9 Å². The predicted molar refractivity (Wildman–Crippen MR) is 344 cm³/mol. The highest BCUT2D eigenvalue weighted by molar-refractivity contribution is 5.71. The van der Waals surface area contributed by atoms with E-state index in [9.17, 15) is 14.4 Å². The monoisotopic (exact) mass is 1100 g/mol. The Morgan fingerprint density at radius 2 is 0.494 bits per heavy atom. The van der Waals surface area contributed by atoms with Gasteiger partial charge in [-0.2, -0.15) is 0 Å². The van der Waals surface area contributed by atoms with Crippen LogP contribution in [0.5, 0.6) is 0 Å². The second kappa shape index (κ2) is 66.8. The molecule has 0 radical (unpaired) electrons. The summed E-state index contributed by atoms with van der Waals surface area (Å²) in [7, 11) is 0. The molecule has 0 rings (SSSR count). The summed E-state index contributed by atoms with van der Waals surface area (Å²) in [5, 5.41) is 0. The quantitative estimate of drug-likeness (QED) is 0.0261. The second-order valence-corrected chi connectivity index (χ2v) is 22.4. The number of hydrogen-bond acceptors (Lipinski definition) is 6. The first-order chi connectivity index (χ1) is 39.0. The molecule has 454 valence electrons. The fraction of sp³-hybridized carbons (Fsp3) is 0.740. The number of carbonyl (C=O) groups is 3. The number of ether oxygens (including phenoxy) is 3. The molecule has 0 saturated carbocycles. The molecule has 0 N–H and O–H groups in total. The molecule has 0 aliphatic heterocycles. The average molecular weight is 1100 g/mol. The van der Waals surface area contributed by atoms with Gasteiger partial charge in [0.1, 0.15) is 13.2 Å². The van der Waals surface area contributed by atoms with Gasteiger partial charge in [-0.25, -0.2) is 0 Å². The minimum absolute atomic E-state index is 0.0878. The molecule has 1 atom stereocenters. The van der Waals surface area contributed by atoms with Gasteiger partial charge >= 0.3 is 17.9 Å². The summed E-state index contributed by atoms with van der Waals surface area (Å²) in [6.45, 7) is 6.49. The molecule has 0 aromatic heterocycles. The summed E-state index contributed by atoms with van der Waals surface area (Å²) in [5.74, 6) is -0.912. The first-order valence-electron chi connectivity index (χ1n) is 33.7. The van der Waals surface area contributed by atoms with Gasteiger partial charge in [0, 0.05) is 19.3 Å². The first-order valence-corrected chi connectivity index (χ1v) is 33.7. The summed E-state index contributed by atoms with van der Waals surface area (Å²) in [6, 6.07) is 0. The van der Waals surface area contributed by atoms with Crippen LogP contribution in [0.3, 0.4) is 0 Å². The van der Waals surface area contributed by atoms with Gasteiger partial charge in [-0.3, -0.25) is 14.4 Å². The van der Waals surface area contributed by atoms with Gasteiger partial charge in [0.05, 0.1) is 0 Å². The summed E-state index contributed by atoms with van der Waals surface area (Å²) in [6.07, 6.45) is 90.2. The van der Waals surface area contributed by atoms with Crippen LogP contribution in [0.1, 0.15) is 329 Å². The van der Waals surface area contributed by atoms with Crippen molar-refractivity contribution < 1.29 is 28.6 Å². The predicted octanol–water partition coefficient (Wildman–Crippen LogP) is 23.2. The van der Waals surface area contributed by atoms with E-state index in [2.05, 4.69) is 118 Å². The maximum atomic E-state index is 12.9. The molecule has 0 fully saturated rings. The Balaban J connectivity index is 4.13. The molecule has 0 saturated heterocycles. The van der Waals surface area contributed by atoms with Gasteiger partial charge < -0.3 is 14.2 Å². The highest BCUT2D eigenvalue weighted by Gasteiger charge is 2.19. The third kappa shape index (κ3) is 65.0. The largest absolute Gasteiger partial charge is 0.462 e. The zero-order valence-electron chi connectivity index (χ0n) is 52.1. The number of unbranched alkanes of at least 4 members (excludes halogenated alkanes) is 34. The van der Waals surface area contributed by atoms with E-state index < -0.39 is 6.10 Å². The number of carbonyl (C=O) groups excluding carboxylic acids is 3. The van der Waals surface area contributed by atoms with Gasteiger partial charge in [-0.05, 0) is 103 Å². The lowest BCUT2D eigenvalue weighted by Crippen LogP contribution is -2.30. The fourth-order valence-corrected chi connectivity index (χ4v) is 9.54. The first kappa shape index (κ1) is 75.3. The van der Waals surface area contributed by atoms with E-state index in [-0.39, 0.29) is 31.1 Å². The Morgan fingerprint density at radius 1 is 0.266 bits per heavy atom. The summed E-state index contributed by atoms with van der Waals surface area (Å²) >= 11 is 0. The van der Waals surface area contributed by atoms with Crippen LogP contribution in [0.2, 0.25) is 0 Å². The van der Waals surface area contributed by atoms with Crippen molar-refractivity contribution in [3.63, 3.8) is 0 Å². The molecule has 1 unspecified atom stereocenters. The molecule has 79 heavy (non-hydrogen) atoms. The highest BCUT2D eigenvalue weighted by Crippen LogP contribution is 2.17. The lowest BCUT2D eigenvalue weighted by Gasteiger charge is -2.18. The van der Waals surface area contributed by atoms with Crippen molar-refractivity contribution in [2.45, 2.75) is 335 Å². The Hall–Kier alpha value is -3.67. The minimum Gasteiger partial charge on any atom is -0.462 e. The van der Waals surface area contributed by atoms with Gasteiger partial charge in [-0.1, -0.05) is 304 Å². The molecular weight excluding hydrogens is 973 g/mol. The standard InChI is InChI=1S/C73H126O6/c1-4-7-10-13-16-19-21-23-25-27-29-30-31-32-33-34-35-36-37-38-39-40-41-42-44-45-47-49-51-54-57-60-63-66-72(75)78-69-70(68-77-71(74)65-62-59-56-53-18-15-12-9-6-3)79-73(76)67-64-61-58-55-52-50-48-46-43-28-26-24-22-20-17-14-11-8-5-2/h8,11,17,20-21,23-24,26-27,29,31-32,43,46,50,52,70H,4-7,9-10,12-16,18-19,22,25,28,30,33-42,44-45,47-49,51,53-69H2,1-3H3/b11-8-,20-17-,23-21-,26-24-,29-27-,32-31-,46-43-,52-50-. The van der Waals surface area contributed by atoms with Crippen LogP contribution in [0, 0.1) is 0 Å². The molecule has 6 heteroatoms. The van der Waals surface area contributed by atoms with Crippen LogP contribution in [0.25, 0.3) is 0 Å². The molecule has 0 bridgehead atoms. The zero-order chi connectivity index (χ0) is 57.1. The number of hydrogen-bond donors (Lipinski definition) is 0. The fourth-order valence-electron chi connectivity index (χ4n) is 9.54. The smallest absolute Gasteiger partial charge is 0.306 e. The Kier molecular flexibility index (Phi) is 63.7. The Morgan fingerprint density at radius 3 is 0.785 bits per heavy atom. The van der Waals surface area contributed by atoms with Crippen molar-refractivity contribution >= 4 is 17.9 Å². The lowest BCUT2D eigenvalue weighted by molar-refractivity contribution is -0.167. The Labute approximate surface area is 489 Å². The van der Waals surface area contributed by atoms with Crippen molar-refractivity contribution in [2.24, 2.45) is 0 Å². The highest BCUT2D eigenvalue weighted by atomic mass is 16.6. The summed E-state index contributed by atoms with van der Waals surface area (Å²) < 4.78 is 16.9. The van der Waals surface area contributed by atoms with E-state index in [4.69, 9.17) is 14.2 Å². The van der Waals surface area contributed by atoms with E-state index in [0.717, 1.165) is 109 Å². The van der Waals surface area contributed by atoms with Gasteiger partial charge in [0.15, 0.2) is 6.10 Å². The number of esters is 3. The van der Waals surface area contributed by atoms with Crippen LogP contribution >= 0.6 is 0 Å². The van der Waals surface area contributed by atoms with Crippen molar-refractivity contribution in [1.29, 1.82) is 0 Å². The minimum atomic E-state index is -0.793. The second-order valence-electron chi connectivity index (χ2n) is 22.4. The third-order valence-electron chi connectivity index (χ3n) is 14.6. The molecule has 0 heterocycles. The van der Waals surface area contributed by atoms with Crippen LogP contribution < -0.4 is 0 Å². The van der Waals surface area contributed by atoms with Crippen molar-refractivity contribution in [1.82, 2.24) is 0 Å². The van der Waals surface area contributed by atoms with Crippen LogP contribution in [0.15, 0.2) is 97.2 Å². The lowest BCUT2D eigenvalue weighted by atomic mass is 10.0. The molecule has 6 nitrogen and oxygen atoms in total. The van der Waals surface area contributed by atoms with E-state index >= 15 is 0 Å². The van der Waals surface area contributed by atoms with E-state index in [1.807, 2.05) is 0 Å². The molecule has 0 spiro atoms. The summed E-state index contributed by atoms with van der Waals surface area (Å²) in [4.78, 5) is 38.2.